The zero-order valence-corrected chi connectivity index (χ0v) is 6.39. The maximum Gasteiger partial charge on any atom is 0.312 e. The summed E-state index contributed by atoms with van der Waals surface area (Å²) in [6.45, 7) is 4.57. The minimum atomic E-state index is -0.0683. The Morgan fingerprint density at radius 2 is 2.40 bits per heavy atom. The summed E-state index contributed by atoms with van der Waals surface area (Å²) in [4.78, 5) is 10.8. The molecule has 2 nitrogen and oxygen atoms in total. The summed E-state index contributed by atoms with van der Waals surface area (Å²) in [5.41, 5.74) is 1.18. The second-order valence-electron chi connectivity index (χ2n) is 2.81. The van der Waals surface area contributed by atoms with Crippen LogP contribution in [0.2, 0.25) is 0 Å². The smallest absolute Gasteiger partial charge is 0.312 e. The summed E-state index contributed by atoms with van der Waals surface area (Å²) in [6.07, 6.45) is 2.82. The van der Waals surface area contributed by atoms with E-state index in [4.69, 9.17) is 4.74 Å². The van der Waals surface area contributed by atoms with Crippen LogP contribution >= 0.6 is 0 Å². The fraction of sp³-hybridized carbons (Fsp3) is 0.625. The Morgan fingerprint density at radius 3 is 2.80 bits per heavy atom. The van der Waals surface area contributed by atoms with Crippen LogP contribution in [0.5, 0.6) is 0 Å². The highest BCUT2D eigenvalue weighted by Crippen LogP contribution is 2.16. The lowest BCUT2D eigenvalue weighted by molar-refractivity contribution is -0.140. The Kier molecular flexibility index (Phi) is 2.10. The molecule has 0 spiro atoms. The number of allylic oxidation sites excluding steroid dienone is 1. The first-order valence-electron chi connectivity index (χ1n) is 3.52. The Labute approximate surface area is 60.9 Å². The molecule has 0 N–H and O–H groups in total. The van der Waals surface area contributed by atoms with Gasteiger partial charge in [-0.1, -0.05) is 11.6 Å². The number of hydrogen-bond acceptors (Lipinski definition) is 2. The number of rotatable bonds is 1. The van der Waals surface area contributed by atoms with Gasteiger partial charge < -0.3 is 4.74 Å². The fourth-order valence-corrected chi connectivity index (χ4v) is 1.07. The van der Waals surface area contributed by atoms with Crippen LogP contribution in [0.25, 0.3) is 0 Å². The minimum absolute atomic E-state index is 0.0324. The predicted octanol–water partition coefficient (Wildman–Crippen LogP) is 1.52. The topological polar surface area (TPSA) is 26.3 Å². The van der Waals surface area contributed by atoms with Crippen molar-refractivity contribution in [3.63, 3.8) is 0 Å². The van der Waals surface area contributed by atoms with Crippen molar-refractivity contribution in [1.29, 1.82) is 0 Å². The van der Waals surface area contributed by atoms with E-state index in [-0.39, 0.29) is 11.9 Å². The molecular formula is C8H12O2. The third kappa shape index (κ3) is 1.59. The summed E-state index contributed by atoms with van der Waals surface area (Å²) in [6, 6.07) is 0. The maximum absolute atomic E-state index is 10.8. The van der Waals surface area contributed by atoms with E-state index in [2.05, 4.69) is 0 Å². The molecule has 1 aliphatic rings. The number of ether oxygens (including phenoxy) is 1. The molecule has 56 valence electrons. The number of hydrogen-bond donors (Lipinski definition) is 0. The molecule has 0 aromatic carbocycles. The minimum Gasteiger partial charge on any atom is -0.465 e. The van der Waals surface area contributed by atoms with Gasteiger partial charge in [0.05, 0.1) is 12.5 Å². The molecule has 1 rings (SSSR count). The molecule has 10 heavy (non-hydrogen) atoms. The van der Waals surface area contributed by atoms with Crippen molar-refractivity contribution in [3.05, 3.63) is 11.6 Å². The van der Waals surface area contributed by atoms with Crippen LogP contribution in [0.4, 0.5) is 0 Å². The third-order valence-corrected chi connectivity index (χ3v) is 1.51. The van der Waals surface area contributed by atoms with E-state index in [1.165, 1.54) is 5.57 Å². The van der Waals surface area contributed by atoms with Crippen LogP contribution < -0.4 is 0 Å². The Hall–Kier alpha value is -0.790. The van der Waals surface area contributed by atoms with E-state index < -0.39 is 0 Å². The van der Waals surface area contributed by atoms with Gasteiger partial charge in [-0.3, -0.25) is 4.79 Å². The summed E-state index contributed by atoms with van der Waals surface area (Å²) in [5, 5.41) is 0. The predicted molar refractivity (Wildman–Crippen MR) is 38.5 cm³/mol. The molecule has 1 aliphatic heterocycles. The molecule has 1 saturated heterocycles. The average molecular weight is 140 g/mol. The van der Waals surface area contributed by atoms with Gasteiger partial charge in [0.2, 0.25) is 0 Å². The standard InChI is InChI=1S/C8H12O2/c1-6(2)5-7-3-4-10-8(7)9/h5,7H,3-4H2,1-2H3. The van der Waals surface area contributed by atoms with E-state index >= 15 is 0 Å². The number of cyclic esters (lactones) is 1. The molecule has 0 aliphatic carbocycles. The third-order valence-electron chi connectivity index (χ3n) is 1.51. The van der Waals surface area contributed by atoms with Gasteiger partial charge in [-0.05, 0) is 20.3 Å². The molecule has 0 aromatic rings. The quantitative estimate of drug-likeness (QED) is 0.407. The number of carbonyl (C=O) groups is 1. The van der Waals surface area contributed by atoms with Gasteiger partial charge in [-0.25, -0.2) is 0 Å². The Balaban J connectivity index is 2.56. The summed E-state index contributed by atoms with van der Waals surface area (Å²) in [5.74, 6) is -0.0359. The first-order chi connectivity index (χ1) is 4.70. The van der Waals surface area contributed by atoms with Crippen LogP contribution in [-0.4, -0.2) is 12.6 Å². The van der Waals surface area contributed by atoms with Crippen molar-refractivity contribution < 1.29 is 9.53 Å². The number of esters is 1. The van der Waals surface area contributed by atoms with Crippen LogP contribution in [0.15, 0.2) is 11.6 Å². The van der Waals surface area contributed by atoms with Gasteiger partial charge in [-0.15, -0.1) is 0 Å². The summed E-state index contributed by atoms with van der Waals surface area (Å²) < 4.78 is 4.78. The summed E-state index contributed by atoms with van der Waals surface area (Å²) in [7, 11) is 0. The lowest BCUT2D eigenvalue weighted by Gasteiger charge is -1.96. The Bertz CT molecular complexity index is 166. The van der Waals surface area contributed by atoms with E-state index in [0.717, 1.165) is 6.42 Å². The average Bonchev–Trinajstić information content (AvgIpc) is 2.15. The van der Waals surface area contributed by atoms with Gasteiger partial charge in [0.1, 0.15) is 0 Å². The van der Waals surface area contributed by atoms with Crippen molar-refractivity contribution in [1.82, 2.24) is 0 Å². The van der Waals surface area contributed by atoms with Gasteiger partial charge in [0, 0.05) is 0 Å². The second kappa shape index (κ2) is 2.86. The molecule has 1 fully saturated rings. The lowest BCUT2D eigenvalue weighted by atomic mass is 10.1. The van der Waals surface area contributed by atoms with E-state index in [1.807, 2.05) is 19.9 Å². The van der Waals surface area contributed by atoms with Gasteiger partial charge in [0.15, 0.2) is 0 Å². The number of carbonyl (C=O) groups excluding carboxylic acids is 1. The van der Waals surface area contributed by atoms with Gasteiger partial charge in [-0.2, -0.15) is 0 Å². The van der Waals surface area contributed by atoms with Crippen LogP contribution in [-0.2, 0) is 9.53 Å². The van der Waals surface area contributed by atoms with Crippen molar-refractivity contribution in [2.24, 2.45) is 5.92 Å². The highest BCUT2D eigenvalue weighted by Gasteiger charge is 2.23. The molecule has 2 heteroatoms. The monoisotopic (exact) mass is 140 g/mol. The van der Waals surface area contributed by atoms with Crippen LogP contribution in [0.3, 0.4) is 0 Å². The highest BCUT2D eigenvalue weighted by molar-refractivity contribution is 5.76. The zero-order valence-electron chi connectivity index (χ0n) is 6.39. The first kappa shape index (κ1) is 7.32. The molecular weight excluding hydrogens is 128 g/mol. The van der Waals surface area contributed by atoms with E-state index in [1.54, 1.807) is 0 Å². The first-order valence-corrected chi connectivity index (χ1v) is 3.52. The molecule has 0 bridgehead atoms. The van der Waals surface area contributed by atoms with E-state index in [0.29, 0.717) is 6.61 Å². The van der Waals surface area contributed by atoms with Crippen LogP contribution in [0, 0.1) is 5.92 Å². The SMILES string of the molecule is CC(C)=CC1CCOC1=O. The van der Waals surface area contributed by atoms with Gasteiger partial charge in [0.25, 0.3) is 0 Å². The molecule has 0 aromatic heterocycles. The second-order valence-corrected chi connectivity index (χ2v) is 2.81. The molecule has 0 amide bonds. The van der Waals surface area contributed by atoms with Crippen LogP contribution in [0.1, 0.15) is 20.3 Å². The maximum atomic E-state index is 10.8. The summed E-state index contributed by atoms with van der Waals surface area (Å²) >= 11 is 0. The molecule has 1 heterocycles. The molecule has 1 atom stereocenters. The Morgan fingerprint density at radius 1 is 1.70 bits per heavy atom. The lowest BCUT2D eigenvalue weighted by Crippen LogP contribution is -2.04. The largest absolute Gasteiger partial charge is 0.465 e. The van der Waals surface area contributed by atoms with Crippen molar-refractivity contribution >= 4 is 5.97 Å². The van der Waals surface area contributed by atoms with E-state index in [9.17, 15) is 4.79 Å². The molecule has 0 saturated carbocycles. The molecule has 0 radical (unpaired) electrons. The fourth-order valence-electron chi connectivity index (χ4n) is 1.07. The van der Waals surface area contributed by atoms with Crippen molar-refractivity contribution in [2.45, 2.75) is 20.3 Å². The normalized spacial score (nSPS) is 24.2. The highest BCUT2D eigenvalue weighted by atomic mass is 16.5. The zero-order chi connectivity index (χ0) is 7.56. The molecule has 1 unspecified atom stereocenters. The van der Waals surface area contributed by atoms with Gasteiger partial charge >= 0.3 is 5.97 Å². The van der Waals surface area contributed by atoms with Crippen molar-refractivity contribution in [2.75, 3.05) is 6.61 Å². The van der Waals surface area contributed by atoms with Crippen molar-refractivity contribution in [3.8, 4) is 0 Å².